The zero-order valence-corrected chi connectivity index (χ0v) is 22.1. The van der Waals surface area contributed by atoms with Crippen molar-refractivity contribution < 1.29 is 0 Å². The summed E-state index contributed by atoms with van der Waals surface area (Å²) in [6, 6.07) is 18.7. The number of benzene rings is 4. The highest BCUT2D eigenvalue weighted by Crippen LogP contribution is 2.43. The smallest absolute Gasteiger partial charge is 0.0101 e. The van der Waals surface area contributed by atoms with Crippen molar-refractivity contribution in [1.82, 2.24) is 0 Å². The van der Waals surface area contributed by atoms with Gasteiger partial charge in [0.2, 0.25) is 0 Å². The summed E-state index contributed by atoms with van der Waals surface area (Å²) in [5.41, 5.74) is 6.51. The average Bonchev–Trinajstić information content (AvgIpc) is 2.88. The molecule has 0 spiro atoms. The Morgan fingerprint density at radius 3 is 0.824 bits per heavy atom. The summed E-state index contributed by atoms with van der Waals surface area (Å²) in [6.45, 7) is 9.33. The zero-order valence-electron chi connectivity index (χ0n) is 22.1. The van der Waals surface area contributed by atoms with Crippen LogP contribution in [0, 0.1) is 0 Å². The van der Waals surface area contributed by atoms with Crippen LogP contribution in [-0.4, -0.2) is 0 Å². The van der Waals surface area contributed by atoms with Crippen molar-refractivity contribution in [2.24, 2.45) is 0 Å². The molecule has 34 heavy (non-hydrogen) atoms. The van der Waals surface area contributed by atoms with Crippen LogP contribution in [0.3, 0.4) is 0 Å². The normalized spacial score (nSPS) is 11.8. The maximum Gasteiger partial charge on any atom is -0.0101 e. The molecule has 0 aliphatic rings. The molecule has 0 saturated carbocycles. The molecule has 180 valence electrons. The molecule has 0 unspecified atom stereocenters. The molecule has 0 bridgehead atoms. The largest absolute Gasteiger partial charge is 0.0654 e. The van der Waals surface area contributed by atoms with Gasteiger partial charge in [0, 0.05) is 0 Å². The molecule has 0 aliphatic carbocycles. The summed E-state index contributed by atoms with van der Waals surface area (Å²) in [5.74, 6) is 0. The van der Waals surface area contributed by atoms with Crippen molar-refractivity contribution in [3.05, 3.63) is 70.8 Å². The Labute approximate surface area is 207 Å². The molecule has 0 N–H and O–H groups in total. The highest BCUT2D eigenvalue weighted by Gasteiger charge is 2.22. The SMILES string of the molecule is CCCCc1c2ccccc2c(CCCC)c2c(CCCC)c3ccccc3c(CCCC)c12. The molecule has 0 atom stereocenters. The Morgan fingerprint density at radius 2 is 0.618 bits per heavy atom. The van der Waals surface area contributed by atoms with Crippen molar-refractivity contribution in [3.8, 4) is 0 Å². The first-order valence-corrected chi connectivity index (χ1v) is 14.1. The lowest BCUT2D eigenvalue weighted by molar-refractivity contribution is 0.786. The van der Waals surface area contributed by atoms with Gasteiger partial charge in [-0.3, -0.25) is 0 Å². The summed E-state index contributed by atoms with van der Waals surface area (Å²) < 4.78 is 0. The van der Waals surface area contributed by atoms with E-state index < -0.39 is 0 Å². The van der Waals surface area contributed by atoms with Crippen LogP contribution < -0.4 is 0 Å². The van der Waals surface area contributed by atoms with Crippen LogP contribution in [0.5, 0.6) is 0 Å². The zero-order chi connectivity index (χ0) is 23.9. The number of rotatable bonds is 12. The van der Waals surface area contributed by atoms with Gasteiger partial charge in [-0.1, -0.05) is 102 Å². The fourth-order valence-electron chi connectivity index (χ4n) is 5.98. The first kappa shape index (κ1) is 24.8. The van der Waals surface area contributed by atoms with E-state index in [4.69, 9.17) is 0 Å². The van der Waals surface area contributed by atoms with E-state index in [1.165, 1.54) is 98.6 Å². The molecule has 4 aromatic carbocycles. The van der Waals surface area contributed by atoms with Gasteiger partial charge in [-0.05, 0) is 106 Å². The molecule has 0 aromatic heterocycles. The van der Waals surface area contributed by atoms with Gasteiger partial charge in [-0.15, -0.1) is 0 Å². The molecule has 0 heteroatoms. The van der Waals surface area contributed by atoms with Gasteiger partial charge in [0.1, 0.15) is 0 Å². The van der Waals surface area contributed by atoms with E-state index in [9.17, 15) is 0 Å². The summed E-state index contributed by atoms with van der Waals surface area (Å²) in [5, 5.41) is 9.34. The lowest BCUT2D eigenvalue weighted by Crippen LogP contribution is -2.05. The molecule has 0 heterocycles. The maximum atomic E-state index is 2.42. The minimum atomic E-state index is 1.19. The first-order valence-electron chi connectivity index (χ1n) is 14.1. The van der Waals surface area contributed by atoms with Gasteiger partial charge >= 0.3 is 0 Å². The molecule has 0 amide bonds. The Kier molecular flexibility index (Phi) is 8.65. The highest BCUT2D eigenvalue weighted by molar-refractivity contribution is 6.15. The van der Waals surface area contributed by atoms with Crippen LogP contribution in [0.15, 0.2) is 48.5 Å². The van der Waals surface area contributed by atoms with E-state index in [1.54, 1.807) is 33.0 Å². The van der Waals surface area contributed by atoms with E-state index in [0.717, 1.165) is 0 Å². The second-order valence-corrected chi connectivity index (χ2v) is 10.2. The fraction of sp³-hybridized carbons (Fsp3) is 0.471. The number of aryl methyl sites for hydroxylation is 4. The van der Waals surface area contributed by atoms with Crippen LogP contribution in [0.1, 0.15) is 101 Å². The van der Waals surface area contributed by atoms with Gasteiger partial charge in [0.25, 0.3) is 0 Å². The molecule has 0 saturated heterocycles. The quantitative estimate of drug-likeness (QED) is 0.187. The molecule has 0 nitrogen and oxygen atoms in total. The molecule has 0 aliphatic heterocycles. The molecular formula is C34H44. The third-order valence-electron chi connectivity index (χ3n) is 7.73. The number of hydrogen-bond acceptors (Lipinski definition) is 0. The predicted molar refractivity (Wildman–Crippen MR) is 153 cm³/mol. The Bertz CT molecular complexity index is 1050. The molecule has 4 aromatic rings. The lowest BCUT2D eigenvalue weighted by atomic mass is 9.79. The standard InChI is InChI=1S/C34H44/c1-5-9-17-29-25-21-13-14-22-26(25)31(19-11-7-3)34-32(20-12-8-4)28-24-16-15-23-27(28)30(33(29)34)18-10-6-2/h13-16,21-24H,5-12,17-20H2,1-4H3. The van der Waals surface area contributed by atoms with E-state index in [2.05, 4.69) is 76.2 Å². The highest BCUT2D eigenvalue weighted by atomic mass is 14.3. The second-order valence-electron chi connectivity index (χ2n) is 10.2. The molecule has 0 radical (unpaired) electrons. The summed E-state index contributed by atoms with van der Waals surface area (Å²) in [6.07, 6.45) is 14.8. The Morgan fingerprint density at radius 1 is 0.382 bits per heavy atom. The van der Waals surface area contributed by atoms with Crippen molar-refractivity contribution in [1.29, 1.82) is 0 Å². The van der Waals surface area contributed by atoms with Crippen molar-refractivity contribution >= 4 is 32.3 Å². The second kappa shape index (κ2) is 11.9. The molecule has 0 fully saturated rings. The van der Waals surface area contributed by atoms with Gasteiger partial charge in [-0.25, -0.2) is 0 Å². The van der Waals surface area contributed by atoms with Crippen LogP contribution in [0.4, 0.5) is 0 Å². The minimum Gasteiger partial charge on any atom is -0.0654 e. The van der Waals surface area contributed by atoms with Gasteiger partial charge < -0.3 is 0 Å². The monoisotopic (exact) mass is 452 g/mol. The van der Waals surface area contributed by atoms with Crippen molar-refractivity contribution in [2.45, 2.75) is 105 Å². The first-order chi connectivity index (χ1) is 16.8. The van der Waals surface area contributed by atoms with E-state index in [0.29, 0.717) is 0 Å². The minimum absolute atomic E-state index is 1.19. The van der Waals surface area contributed by atoms with Crippen molar-refractivity contribution in [3.63, 3.8) is 0 Å². The topological polar surface area (TPSA) is 0 Å². The fourth-order valence-corrected chi connectivity index (χ4v) is 5.98. The Hall–Kier alpha value is -2.34. The number of unbranched alkanes of at least 4 members (excludes halogenated alkanes) is 4. The molecule has 4 rings (SSSR count). The summed E-state index contributed by atoms with van der Waals surface area (Å²) >= 11 is 0. The summed E-state index contributed by atoms with van der Waals surface area (Å²) in [7, 11) is 0. The van der Waals surface area contributed by atoms with E-state index >= 15 is 0 Å². The third-order valence-corrected chi connectivity index (χ3v) is 7.73. The summed E-state index contributed by atoms with van der Waals surface area (Å²) in [4.78, 5) is 0. The van der Waals surface area contributed by atoms with E-state index in [1.807, 2.05) is 0 Å². The average molecular weight is 453 g/mol. The third kappa shape index (κ3) is 4.74. The van der Waals surface area contributed by atoms with Crippen LogP contribution in [-0.2, 0) is 25.7 Å². The van der Waals surface area contributed by atoms with Gasteiger partial charge in [-0.2, -0.15) is 0 Å². The predicted octanol–water partition coefficient (Wildman–Crippen LogP) is 10.5. The van der Waals surface area contributed by atoms with Gasteiger partial charge in [0.05, 0.1) is 0 Å². The maximum absolute atomic E-state index is 2.42. The van der Waals surface area contributed by atoms with Crippen LogP contribution in [0.2, 0.25) is 0 Å². The van der Waals surface area contributed by atoms with E-state index in [-0.39, 0.29) is 0 Å². The Balaban J connectivity index is 2.25. The number of fused-ring (bicyclic) bond motifs is 3. The lowest BCUT2D eigenvalue weighted by Gasteiger charge is -2.24. The number of hydrogen-bond donors (Lipinski definition) is 0. The van der Waals surface area contributed by atoms with Crippen molar-refractivity contribution in [2.75, 3.05) is 0 Å². The van der Waals surface area contributed by atoms with Crippen LogP contribution >= 0.6 is 0 Å². The molecular weight excluding hydrogens is 408 g/mol. The van der Waals surface area contributed by atoms with Crippen LogP contribution in [0.25, 0.3) is 32.3 Å². The van der Waals surface area contributed by atoms with Gasteiger partial charge in [0.15, 0.2) is 0 Å².